The Hall–Kier alpha value is -3.43. The number of likely N-dealkylation sites (tertiary alicyclic amines) is 1. The zero-order valence-corrected chi connectivity index (χ0v) is 18.6. The summed E-state index contributed by atoms with van der Waals surface area (Å²) in [5.41, 5.74) is 1.48. The maximum atomic E-state index is 14.9. The van der Waals surface area contributed by atoms with Crippen LogP contribution in [0.15, 0.2) is 42.5 Å². The van der Waals surface area contributed by atoms with Crippen molar-refractivity contribution in [3.05, 3.63) is 65.0 Å². The first kappa shape index (κ1) is 25.2. The number of halogens is 4. The number of alkyl halides is 3. The van der Waals surface area contributed by atoms with Crippen molar-refractivity contribution in [3.8, 4) is 0 Å². The van der Waals surface area contributed by atoms with Crippen LogP contribution in [-0.4, -0.2) is 48.4 Å². The molecule has 6 nitrogen and oxygen atoms in total. The van der Waals surface area contributed by atoms with E-state index >= 15 is 0 Å². The van der Waals surface area contributed by atoms with E-state index in [9.17, 15) is 31.9 Å². The summed E-state index contributed by atoms with van der Waals surface area (Å²) in [4.78, 5) is 39.5. The Balaban J connectivity index is 1.79. The number of amides is 3. The van der Waals surface area contributed by atoms with Gasteiger partial charge in [0.15, 0.2) is 5.78 Å². The largest absolute Gasteiger partial charge is 0.471 e. The summed E-state index contributed by atoms with van der Waals surface area (Å²) in [6.07, 6.45) is -2.29. The molecule has 0 saturated carbocycles. The van der Waals surface area contributed by atoms with E-state index in [0.29, 0.717) is 18.8 Å². The lowest BCUT2D eigenvalue weighted by molar-refractivity contribution is -0.173. The van der Waals surface area contributed by atoms with Crippen molar-refractivity contribution in [2.75, 3.05) is 24.5 Å². The normalized spacial score (nSPS) is 14.0. The summed E-state index contributed by atoms with van der Waals surface area (Å²) in [6, 6.07) is 10.5. The van der Waals surface area contributed by atoms with Gasteiger partial charge in [-0.05, 0) is 49.9 Å². The van der Waals surface area contributed by atoms with Crippen molar-refractivity contribution in [2.24, 2.45) is 0 Å². The molecule has 0 unspecified atom stereocenters. The first-order valence-corrected chi connectivity index (χ1v) is 10.9. The Bertz CT molecular complexity index is 1070. The molecule has 3 amide bonds. The summed E-state index contributed by atoms with van der Waals surface area (Å²) >= 11 is 0. The fourth-order valence-corrected chi connectivity index (χ4v) is 3.70. The molecular weight excluding hydrogens is 454 g/mol. The molecule has 2 aromatic carbocycles. The monoisotopic (exact) mass is 479 g/mol. The molecule has 182 valence electrons. The summed E-state index contributed by atoms with van der Waals surface area (Å²) in [5.74, 6) is -3.90. The second kappa shape index (κ2) is 10.7. The number of carbonyl (C=O) groups excluding carboxylic acids is 3. The minimum atomic E-state index is -5.12. The first-order valence-electron chi connectivity index (χ1n) is 10.9. The number of nitrogens with zero attached hydrogens (tertiary/aromatic N) is 2. The van der Waals surface area contributed by atoms with Crippen LogP contribution in [0, 0.1) is 12.7 Å². The number of benzene rings is 2. The maximum absolute atomic E-state index is 14.9. The standard InChI is InChI=1S/C24H25F4N3O3/c1-16-6-5-7-19(12-16)31(23(34)30-10-3-2-4-11-30)15-18-9-8-17(13-20(18)25)21(32)14-29-22(33)24(26,27)28/h5-9,12-13H,2-4,10-11,14-15H2,1H3,(H,29,33). The highest BCUT2D eigenvalue weighted by atomic mass is 19.4. The zero-order valence-electron chi connectivity index (χ0n) is 18.6. The Morgan fingerprint density at radius 2 is 1.74 bits per heavy atom. The van der Waals surface area contributed by atoms with Gasteiger partial charge in [0.25, 0.3) is 0 Å². The Morgan fingerprint density at radius 1 is 1.03 bits per heavy atom. The van der Waals surface area contributed by atoms with Crippen LogP contribution >= 0.6 is 0 Å². The van der Waals surface area contributed by atoms with E-state index in [2.05, 4.69) is 0 Å². The second-order valence-electron chi connectivity index (χ2n) is 8.17. The van der Waals surface area contributed by atoms with Crippen molar-refractivity contribution in [1.29, 1.82) is 0 Å². The Labute approximate surface area is 194 Å². The number of nitrogens with one attached hydrogen (secondary N) is 1. The third-order valence-corrected chi connectivity index (χ3v) is 5.54. The second-order valence-corrected chi connectivity index (χ2v) is 8.17. The minimum Gasteiger partial charge on any atom is -0.341 e. The molecule has 1 aliphatic heterocycles. The number of Topliss-reactive ketones (excluding diaryl/α,β-unsaturated/α-hetero) is 1. The fourth-order valence-electron chi connectivity index (χ4n) is 3.70. The highest BCUT2D eigenvalue weighted by Gasteiger charge is 2.38. The number of ketones is 1. The molecule has 10 heteroatoms. The van der Waals surface area contributed by atoms with Crippen LogP contribution in [0.25, 0.3) is 0 Å². The van der Waals surface area contributed by atoms with Crippen LogP contribution in [0.4, 0.5) is 28.0 Å². The lowest BCUT2D eigenvalue weighted by Gasteiger charge is -2.33. The first-order chi connectivity index (χ1) is 16.1. The number of urea groups is 1. The Kier molecular flexibility index (Phi) is 7.90. The van der Waals surface area contributed by atoms with Gasteiger partial charge in [-0.15, -0.1) is 0 Å². The van der Waals surface area contributed by atoms with Gasteiger partial charge in [-0.2, -0.15) is 13.2 Å². The molecule has 1 fully saturated rings. The molecule has 0 bridgehead atoms. The van der Waals surface area contributed by atoms with Crippen LogP contribution in [0.2, 0.25) is 0 Å². The lowest BCUT2D eigenvalue weighted by atomic mass is 10.1. The number of piperidine rings is 1. The average Bonchev–Trinajstić information content (AvgIpc) is 2.81. The van der Waals surface area contributed by atoms with Crippen LogP contribution in [0.3, 0.4) is 0 Å². The summed E-state index contributed by atoms with van der Waals surface area (Å²) < 4.78 is 51.7. The molecule has 0 radical (unpaired) electrons. The molecule has 1 aliphatic rings. The van der Waals surface area contributed by atoms with E-state index in [-0.39, 0.29) is 23.7 Å². The predicted octanol–water partition coefficient (Wildman–Crippen LogP) is 4.61. The van der Waals surface area contributed by atoms with Gasteiger partial charge in [0.05, 0.1) is 13.1 Å². The van der Waals surface area contributed by atoms with E-state index in [1.807, 2.05) is 19.1 Å². The van der Waals surface area contributed by atoms with Crippen LogP contribution in [0.1, 0.15) is 40.7 Å². The van der Waals surface area contributed by atoms with E-state index in [0.717, 1.165) is 30.9 Å². The Morgan fingerprint density at radius 3 is 2.35 bits per heavy atom. The van der Waals surface area contributed by atoms with Crippen molar-refractivity contribution >= 4 is 23.4 Å². The fraction of sp³-hybridized carbons (Fsp3) is 0.375. The summed E-state index contributed by atoms with van der Waals surface area (Å²) in [7, 11) is 0. The van der Waals surface area contributed by atoms with Gasteiger partial charge in [0, 0.05) is 29.9 Å². The van der Waals surface area contributed by atoms with Crippen molar-refractivity contribution in [3.63, 3.8) is 0 Å². The van der Waals surface area contributed by atoms with E-state index in [1.54, 1.807) is 17.0 Å². The quantitative estimate of drug-likeness (QED) is 0.486. The molecule has 1 heterocycles. The van der Waals surface area contributed by atoms with Crippen LogP contribution in [-0.2, 0) is 11.3 Å². The lowest BCUT2D eigenvalue weighted by Crippen LogP contribution is -2.45. The predicted molar refractivity (Wildman–Crippen MR) is 118 cm³/mol. The minimum absolute atomic E-state index is 0.0934. The van der Waals surface area contributed by atoms with Gasteiger partial charge >= 0.3 is 18.1 Å². The molecule has 0 aromatic heterocycles. The van der Waals surface area contributed by atoms with Crippen LogP contribution < -0.4 is 10.2 Å². The molecule has 1 saturated heterocycles. The molecule has 34 heavy (non-hydrogen) atoms. The zero-order chi connectivity index (χ0) is 24.9. The molecule has 0 spiro atoms. The number of rotatable bonds is 6. The van der Waals surface area contributed by atoms with Crippen molar-refractivity contribution in [1.82, 2.24) is 10.2 Å². The summed E-state index contributed by atoms with van der Waals surface area (Å²) in [5, 5.41) is 1.47. The number of anilines is 1. The smallest absolute Gasteiger partial charge is 0.341 e. The number of aryl methyl sites for hydroxylation is 1. The maximum Gasteiger partial charge on any atom is 0.471 e. The third kappa shape index (κ3) is 6.33. The van der Waals surface area contributed by atoms with Gasteiger partial charge < -0.3 is 10.2 Å². The van der Waals surface area contributed by atoms with E-state index in [4.69, 9.17) is 0 Å². The molecule has 3 rings (SSSR count). The van der Waals surface area contributed by atoms with Crippen molar-refractivity contribution < 1.29 is 31.9 Å². The number of carbonyl (C=O) groups is 3. The highest BCUT2D eigenvalue weighted by Crippen LogP contribution is 2.24. The van der Waals surface area contributed by atoms with Gasteiger partial charge in [-0.25, -0.2) is 9.18 Å². The van der Waals surface area contributed by atoms with Gasteiger partial charge in [-0.3, -0.25) is 14.5 Å². The van der Waals surface area contributed by atoms with Gasteiger partial charge in [0.2, 0.25) is 0 Å². The van der Waals surface area contributed by atoms with Gasteiger partial charge in [0.1, 0.15) is 5.82 Å². The van der Waals surface area contributed by atoms with E-state index in [1.165, 1.54) is 22.3 Å². The molecule has 0 atom stereocenters. The topological polar surface area (TPSA) is 69.7 Å². The highest BCUT2D eigenvalue weighted by molar-refractivity contribution is 6.00. The SMILES string of the molecule is Cc1cccc(N(Cc2ccc(C(=O)CNC(=O)C(F)(F)F)cc2F)C(=O)N2CCCCC2)c1. The van der Waals surface area contributed by atoms with Crippen molar-refractivity contribution in [2.45, 2.75) is 38.9 Å². The van der Waals surface area contributed by atoms with E-state index < -0.39 is 30.2 Å². The molecule has 1 N–H and O–H groups in total. The number of hydrogen-bond acceptors (Lipinski definition) is 3. The molecule has 2 aromatic rings. The average molecular weight is 479 g/mol. The third-order valence-electron chi connectivity index (χ3n) is 5.54. The number of hydrogen-bond donors (Lipinski definition) is 1. The van der Waals surface area contributed by atoms with Gasteiger partial charge in [-0.1, -0.05) is 24.3 Å². The van der Waals surface area contributed by atoms with Crippen LogP contribution in [0.5, 0.6) is 0 Å². The summed E-state index contributed by atoms with van der Waals surface area (Å²) in [6.45, 7) is 2.09. The molecular formula is C24H25F4N3O3. The molecule has 0 aliphatic carbocycles.